The molecule has 1 aromatic rings. The molecule has 1 aromatic carbocycles. The maximum atomic E-state index is 12.8. The maximum absolute atomic E-state index is 12.8. The summed E-state index contributed by atoms with van der Waals surface area (Å²) in [7, 11) is -1.09. The van der Waals surface area contributed by atoms with Crippen LogP contribution in [0.4, 0.5) is 10.5 Å². The number of amides is 1. The van der Waals surface area contributed by atoms with Crippen molar-refractivity contribution < 1.29 is 23.2 Å². The van der Waals surface area contributed by atoms with Gasteiger partial charge in [-0.3, -0.25) is 10.1 Å². The second kappa shape index (κ2) is 7.36. The van der Waals surface area contributed by atoms with Gasteiger partial charge in [0.1, 0.15) is 0 Å². The van der Waals surface area contributed by atoms with Crippen LogP contribution in [0.15, 0.2) is 29.2 Å². The molecule has 0 bridgehead atoms. The molecule has 2 rings (SSSR count). The lowest BCUT2D eigenvalue weighted by Gasteiger charge is -2.36. The van der Waals surface area contributed by atoms with Crippen LogP contribution in [0.25, 0.3) is 0 Å². The van der Waals surface area contributed by atoms with Crippen molar-refractivity contribution in [2.75, 3.05) is 14.1 Å². The molecule has 1 fully saturated rings. The highest BCUT2D eigenvalue weighted by atomic mass is 32.2. The van der Waals surface area contributed by atoms with E-state index in [1.807, 2.05) is 0 Å². The molecular weight excluding hydrogens is 350 g/mol. The molecule has 0 aliphatic heterocycles. The van der Waals surface area contributed by atoms with E-state index in [-0.39, 0.29) is 17.0 Å². The largest absolute Gasteiger partial charge is 0.465 e. The average Bonchev–Trinajstić information content (AvgIpc) is 2.60. The monoisotopic (exact) mass is 371 g/mol. The van der Waals surface area contributed by atoms with Crippen LogP contribution < -0.4 is 0 Å². The van der Waals surface area contributed by atoms with E-state index in [1.165, 1.54) is 47.6 Å². The summed E-state index contributed by atoms with van der Waals surface area (Å²) in [6.07, 6.45) is 1.08. The van der Waals surface area contributed by atoms with Gasteiger partial charge in [-0.15, -0.1) is 0 Å². The number of nitrogens with zero attached hydrogens (tertiary/aromatic N) is 3. The fraction of sp³-hybridized carbons (Fsp3) is 0.533. The lowest BCUT2D eigenvalue weighted by atomic mass is 9.90. The van der Waals surface area contributed by atoms with E-state index in [1.54, 1.807) is 0 Å². The molecule has 0 saturated heterocycles. The Morgan fingerprint density at radius 1 is 1.16 bits per heavy atom. The van der Waals surface area contributed by atoms with Crippen molar-refractivity contribution >= 4 is 21.8 Å². The van der Waals surface area contributed by atoms with Gasteiger partial charge in [0.2, 0.25) is 10.0 Å². The van der Waals surface area contributed by atoms with E-state index in [9.17, 15) is 23.3 Å². The Kier molecular flexibility index (Phi) is 5.63. The normalized spacial score (nSPS) is 21.1. The van der Waals surface area contributed by atoms with Crippen molar-refractivity contribution in [2.45, 2.75) is 42.7 Å². The number of carbonyl (C=O) groups is 1. The second-order valence-corrected chi connectivity index (χ2v) is 8.07. The Morgan fingerprint density at radius 2 is 1.68 bits per heavy atom. The molecular formula is C15H21N3O6S. The average molecular weight is 371 g/mol. The van der Waals surface area contributed by atoms with Crippen molar-refractivity contribution in [2.24, 2.45) is 0 Å². The van der Waals surface area contributed by atoms with Crippen LogP contribution in [0.5, 0.6) is 0 Å². The molecule has 1 aliphatic carbocycles. The van der Waals surface area contributed by atoms with Gasteiger partial charge in [-0.05, 0) is 31.7 Å². The van der Waals surface area contributed by atoms with Gasteiger partial charge in [0.05, 0.1) is 4.92 Å². The SMILES string of the molecule is CN(C(=O)O)C1CCC(N(C)S(=O)(=O)c2ccccc2[N+](=O)[O-])CC1. The fourth-order valence-corrected chi connectivity index (χ4v) is 4.71. The molecule has 10 heteroatoms. The molecule has 25 heavy (non-hydrogen) atoms. The summed E-state index contributed by atoms with van der Waals surface area (Å²) in [6.45, 7) is 0. The molecule has 0 unspecified atom stereocenters. The van der Waals surface area contributed by atoms with Crippen LogP contribution in [0, 0.1) is 10.1 Å². The standard InChI is InChI=1S/C15H21N3O6S/c1-16(15(19)20)11-7-9-12(10-8-11)17(2)25(23,24)14-6-4-3-5-13(14)18(21)22/h3-6,11-12H,7-10H2,1-2H3,(H,19,20). The summed E-state index contributed by atoms with van der Waals surface area (Å²) >= 11 is 0. The quantitative estimate of drug-likeness (QED) is 0.625. The smallest absolute Gasteiger partial charge is 0.407 e. The number of hydrogen-bond acceptors (Lipinski definition) is 5. The highest BCUT2D eigenvalue weighted by molar-refractivity contribution is 7.89. The Labute approximate surface area is 146 Å². The molecule has 0 atom stereocenters. The van der Waals surface area contributed by atoms with Gasteiger partial charge < -0.3 is 10.0 Å². The third-order valence-corrected chi connectivity index (χ3v) is 6.71. The van der Waals surface area contributed by atoms with Crippen molar-refractivity contribution in [3.63, 3.8) is 0 Å². The first-order chi connectivity index (χ1) is 11.7. The maximum Gasteiger partial charge on any atom is 0.407 e. The molecule has 0 aromatic heterocycles. The van der Waals surface area contributed by atoms with Crippen LogP contribution in [0.3, 0.4) is 0 Å². The van der Waals surface area contributed by atoms with Crippen molar-refractivity contribution in [3.8, 4) is 0 Å². The lowest BCUT2D eigenvalue weighted by molar-refractivity contribution is -0.387. The Morgan fingerprint density at radius 3 is 2.20 bits per heavy atom. The number of hydrogen-bond donors (Lipinski definition) is 1. The number of benzene rings is 1. The highest BCUT2D eigenvalue weighted by Gasteiger charge is 2.36. The lowest BCUT2D eigenvalue weighted by Crippen LogP contribution is -2.45. The van der Waals surface area contributed by atoms with Gasteiger partial charge in [0.25, 0.3) is 5.69 Å². The first-order valence-electron chi connectivity index (χ1n) is 7.83. The molecule has 0 radical (unpaired) electrons. The first-order valence-corrected chi connectivity index (χ1v) is 9.27. The van der Waals surface area contributed by atoms with Crippen molar-refractivity contribution in [3.05, 3.63) is 34.4 Å². The van der Waals surface area contributed by atoms with Crippen LogP contribution in [0.1, 0.15) is 25.7 Å². The van der Waals surface area contributed by atoms with E-state index in [0.717, 1.165) is 0 Å². The number of para-hydroxylation sites is 1. The molecule has 1 aliphatic rings. The predicted molar refractivity (Wildman–Crippen MR) is 89.9 cm³/mol. The van der Waals surface area contributed by atoms with E-state index < -0.39 is 26.7 Å². The van der Waals surface area contributed by atoms with Gasteiger partial charge in [0.15, 0.2) is 4.90 Å². The van der Waals surface area contributed by atoms with Crippen molar-refractivity contribution in [1.82, 2.24) is 9.21 Å². The number of nitro benzene ring substituents is 1. The molecule has 1 saturated carbocycles. The van der Waals surface area contributed by atoms with Crippen LogP contribution in [-0.4, -0.2) is 59.9 Å². The summed E-state index contributed by atoms with van der Waals surface area (Å²) < 4.78 is 26.8. The second-order valence-electron chi connectivity index (χ2n) is 6.10. The Hall–Kier alpha value is -2.20. The first kappa shape index (κ1) is 19.1. The van der Waals surface area contributed by atoms with Gasteiger partial charge in [-0.2, -0.15) is 4.31 Å². The predicted octanol–water partition coefficient (Wildman–Crippen LogP) is 2.14. The molecule has 1 amide bonds. The zero-order chi connectivity index (χ0) is 18.8. The summed E-state index contributed by atoms with van der Waals surface area (Å²) in [5.74, 6) is 0. The zero-order valence-corrected chi connectivity index (χ0v) is 14.8. The van der Waals surface area contributed by atoms with E-state index in [4.69, 9.17) is 5.11 Å². The van der Waals surface area contributed by atoms with Gasteiger partial charge in [-0.25, -0.2) is 13.2 Å². The summed E-state index contributed by atoms with van der Waals surface area (Å²) in [5.41, 5.74) is -0.450. The minimum absolute atomic E-state index is 0.143. The molecule has 0 spiro atoms. The summed E-state index contributed by atoms with van der Waals surface area (Å²) in [5, 5.41) is 20.1. The van der Waals surface area contributed by atoms with Crippen LogP contribution in [-0.2, 0) is 10.0 Å². The van der Waals surface area contributed by atoms with Crippen molar-refractivity contribution in [1.29, 1.82) is 0 Å². The number of sulfonamides is 1. The molecule has 9 nitrogen and oxygen atoms in total. The van der Waals surface area contributed by atoms with E-state index >= 15 is 0 Å². The molecule has 138 valence electrons. The fourth-order valence-electron chi connectivity index (χ4n) is 3.14. The number of carboxylic acid groups (broad SMARTS) is 1. The summed E-state index contributed by atoms with van der Waals surface area (Å²) in [6, 6.07) is 4.81. The zero-order valence-electron chi connectivity index (χ0n) is 14.0. The third-order valence-electron chi connectivity index (χ3n) is 4.75. The number of nitro groups is 1. The minimum atomic E-state index is -4.01. The topological polar surface area (TPSA) is 121 Å². The van der Waals surface area contributed by atoms with E-state index in [2.05, 4.69) is 0 Å². The van der Waals surface area contributed by atoms with Crippen LogP contribution in [0.2, 0.25) is 0 Å². The summed E-state index contributed by atoms with van der Waals surface area (Å²) in [4.78, 5) is 22.3. The highest BCUT2D eigenvalue weighted by Crippen LogP contribution is 2.31. The van der Waals surface area contributed by atoms with Gasteiger partial charge >= 0.3 is 6.09 Å². The Balaban J connectivity index is 2.17. The van der Waals surface area contributed by atoms with Gasteiger partial charge in [-0.1, -0.05) is 12.1 Å². The third kappa shape index (κ3) is 3.90. The van der Waals surface area contributed by atoms with E-state index in [0.29, 0.717) is 25.7 Å². The van der Waals surface area contributed by atoms with Gasteiger partial charge in [0, 0.05) is 32.2 Å². The Bertz CT molecular complexity index is 758. The molecule has 0 heterocycles. The molecule has 1 N–H and O–H groups in total. The number of rotatable bonds is 5. The van der Waals surface area contributed by atoms with Crippen LogP contribution >= 0.6 is 0 Å². The minimum Gasteiger partial charge on any atom is -0.465 e.